The Morgan fingerprint density at radius 3 is 2.38 bits per heavy atom. The summed E-state index contributed by atoms with van der Waals surface area (Å²) in [6.45, 7) is 10.0. The summed E-state index contributed by atoms with van der Waals surface area (Å²) >= 11 is 6.17. The van der Waals surface area contributed by atoms with Crippen LogP contribution in [0.3, 0.4) is 0 Å². The van der Waals surface area contributed by atoms with Crippen LogP contribution in [0.25, 0.3) is 0 Å². The lowest BCUT2D eigenvalue weighted by atomic mass is 10.1. The summed E-state index contributed by atoms with van der Waals surface area (Å²) in [5, 5.41) is 4.07. The average Bonchev–Trinajstić information content (AvgIpc) is 2.46. The van der Waals surface area contributed by atoms with Gasteiger partial charge in [0.15, 0.2) is 11.5 Å². The molecule has 1 rings (SSSR count). The Morgan fingerprint density at radius 1 is 1.19 bits per heavy atom. The highest BCUT2D eigenvalue weighted by Crippen LogP contribution is 2.35. The zero-order chi connectivity index (χ0) is 15.8. The van der Waals surface area contributed by atoms with Crippen LogP contribution in [0.4, 0.5) is 0 Å². The SMILES string of the molecule is CCC(CC)COc1c(CNC(C)C)cc(Cl)cc1OC. The van der Waals surface area contributed by atoms with Crippen molar-refractivity contribution < 1.29 is 9.47 Å². The fraction of sp³-hybridized carbons (Fsp3) is 0.647. The second-order valence-electron chi connectivity index (χ2n) is 5.63. The second kappa shape index (κ2) is 9.16. The quantitative estimate of drug-likeness (QED) is 0.719. The predicted molar refractivity (Wildman–Crippen MR) is 89.5 cm³/mol. The average molecular weight is 314 g/mol. The molecule has 1 N–H and O–H groups in total. The molecule has 0 saturated heterocycles. The monoisotopic (exact) mass is 313 g/mol. The van der Waals surface area contributed by atoms with Crippen molar-refractivity contribution in [2.45, 2.75) is 53.1 Å². The third kappa shape index (κ3) is 5.76. The van der Waals surface area contributed by atoms with Crippen LogP contribution < -0.4 is 14.8 Å². The van der Waals surface area contributed by atoms with Gasteiger partial charge in [-0.15, -0.1) is 0 Å². The van der Waals surface area contributed by atoms with E-state index in [0.29, 0.717) is 35.9 Å². The normalized spacial score (nSPS) is 11.2. The number of ether oxygens (including phenoxy) is 2. The molecule has 21 heavy (non-hydrogen) atoms. The van der Waals surface area contributed by atoms with E-state index in [-0.39, 0.29) is 0 Å². The Hall–Kier alpha value is -0.930. The number of hydrogen-bond acceptors (Lipinski definition) is 3. The van der Waals surface area contributed by atoms with Crippen LogP contribution in [0.5, 0.6) is 11.5 Å². The van der Waals surface area contributed by atoms with E-state index >= 15 is 0 Å². The minimum absolute atomic E-state index is 0.404. The maximum atomic E-state index is 6.17. The Kier molecular flexibility index (Phi) is 7.91. The van der Waals surface area contributed by atoms with Crippen molar-refractivity contribution in [3.8, 4) is 11.5 Å². The molecule has 120 valence electrons. The van der Waals surface area contributed by atoms with Crippen molar-refractivity contribution in [2.24, 2.45) is 5.92 Å². The first-order chi connectivity index (χ1) is 10.0. The number of nitrogens with one attached hydrogen (secondary N) is 1. The summed E-state index contributed by atoms with van der Waals surface area (Å²) in [7, 11) is 1.65. The molecular weight excluding hydrogens is 286 g/mol. The van der Waals surface area contributed by atoms with Gasteiger partial charge >= 0.3 is 0 Å². The molecule has 0 aliphatic carbocycles. The van der Waals surface area contributed by atoms with Crippen molar-refractivity contribution >= 4 is 11.6 Å². The van der Waals surface area contributed by atoms with Gasteiger partial charge in [0.1, 0.15) is 0 Å². The number of halogens is 1. The van der Waals surface area contributed by atoms with E-state index in [1.165, 1.54) is 0 Å². The van der Waals surface area contributed by atoms with Crippen molar-refractivity contribution in [3.63, 3.8) is 0 Å². The second-order valence-corrected chi connectivity index (χ2v) is 6.06. The first-order valence-electron chi connectivity index (χ1n) is 7.74. The highest BCUT2D eigenvalue weighted by atomic mass is 35.5. The van der Waals surface area contributed by atoms with E-state index < -0.39 is 0 Å². The highest BCUT2D eigenvalue weighted by Gasteiger charge is 2.15. The van der Waals surface area contributed by atoms with Gasteiger partial charge in [-0.05, 0) is 12.0 Å². The van der Waals surface area contributed by atoms with Gasteiger partial charge in [-0.2, -0.15) is 0 Å². The van der Waals surface area contributed by atoms with Crippen LogP contribution >= 0.6 is 11.6 Å². The number of hydrogen-bond donors (Lipinski definition) is 1. The molecule has 0 spiro atoms. The van der Waals surface area contributed by atoms with Gasteiger partial charge in [0.2, 0.25) is 0 Å². The number of benzene rings is 1. The fourth-order valence-electron chi connectivity index (χ4n) is 2.11. The van der Waals surface area contributed by atoms with Crippen LogP contribution in [-0.2, 0) is 6.54 Å². The first kappa shape index (κ1) is 18.1. The summed E-state index contributed by atoms with van der Waals surface area (Å²) in [4.78, 5) is 0. The smallest absolute Gasteiger partial charge is 0.165 e. The fourth-order valence-corrected chi connectivity index (χ4v) is 2.34. The van der Waals surface area contributed by atoms with Crippen molar-refractivity contribution in [1.82, 2.24) is 5.32 Å². The Labute approximate surface area is 134 Å². The lowest BCUT2D eigenvalue weighted by Gasteiger charge is -2.20. The molecule has 0 aliphatic rings. The summed E-state index contributed by atoms with van der Waals surface area (Å²) in [5.41, 5.74) is 1.04. The van der Waals surface area contributed by atoms with Gasteiger partial charge in [0.05, 0.1) is 13.7 Å². The lowest BCUT2D eigenvalue weighted by molar-refractivity contribution is 0.228. The molecule has 4 heteroatoms. The highest BCUT2D eigenvalue weighted by molar-refractivity contribution is 6.30. The number of rotatable bonds is 9. The zero-order valence-corrected chi connectivity index (χ0v) is 14.6. The van der Waals surface area contributed by atoms with E-state index in [1.54, 1.807) is 7.11 Å². The molecule has 0 atom stereocenters. The molecular formula is C17H28ClNO2. The molecule has 0 fully saturated rings. The third-order valence-electron chi connectivity index (χ3n) is 3.64. The molecule has 0 unspecified atom stereocenters. The number of methoxy groups -OCH3 is 1. The molecule has 1 aromatic rings. The van der Waals surface area contributed by atoms with E-state index in [0.717, 1.165) is 24.2 Å². The van der Waals surface area contributed by atoms with Crippen LogP contribution in [-0.4, -0.2) is 19.8 Å². The van der Waals surface area contributed by atoms with Gasteiger partial charge in [0, 0.05) is 29.2 Å². The summed E-state index contributed by atoms with van der Waals surface area (Å²) in [6, 6.07) is 4.16. The van der Waals surface area contributed by atoms with Gasteiger partial charge < -0.3 is 14.8 Å². The first-order valence-corrected chi connectivity index (χ1v) is 8.12. The summed E-state index contributed by atoms with van der Waals surface area (Å²) < 4.78 is 11.5. The lowest BCUT2D eigenvalue weighted by Crippen LogP contribution is -2.22. The standard InChI is InChI=1S/C17H28ClNO2/c1-6-13(7-2)11-21-17-14(10-19-12(3)4)8-15(18)9-16(17)20-5/h8-9,12-13,19H,6-7,10-11H2,1-5H3. The Balaban J connectivity index is 2.95. The summed E-state index contributed by atoms with van der Waals surface area (Å²) in [5.74, 6) is 2.08. The molecule has 0 amide bonds. The van der Waals surface area contributed by atoms with Crippen molar-refractivity contribution in [1.29, 1.82) is 0 Å². The van der Waals surface area contributed by atoms with Crippen molar-refractivity contribution in [2.75, 3.05) is 13.7 Å². The maximum Gasteiger partial charge on any atom is 0.165 e. The van der Waals surface area contributed by atoms with E-state index in [1.807, 2.05) is 12.1 Å². The topological polar surface area (TPSA) is 30.5 Å². The minimum Gasteiger partial charge on any atom is -0.493 e. The summed E-state index contributed by atoms with van der Waals surface area (Å²) in [6.07, 6.45) is 2.23. The third-order valence-corrected chi connectivity index (χ3v) is 3.85. The van der Waals surface area contributed by atoms with Crippen LogP contribution in [0, 0.1) is 5.92 Å². The molecule has 0 heterocycles. The van der Waals surface area contributed by atoms with Gasteiger partial charge in [-0.3, -0.25) is 0 Å². The minimum atomic E-state index is 0.404. The molecule has 0 aromatic heterocycles. The van der Waals surface area contributed by atoms with Crippen LogP contribution in [0.1, 0.15) is 46.1 Å². The Morgan fingerprint density at radius 2 is 1.86 bits per heavy atom. The van der Waals surface area contributed by atoms with Crippen LogP contribution in [0.2, 0.25) is 5.02 Å². The zero-order valence-electron chi connectivity index (χ0n) is 13.8. The van der Waals surface area contributed by atoms with E-state index in [9.17, 15) is 0 Å². The van der Waals surface area contributed by atoms with Crippen LogP contribution in [0.15, 0.2) is 12.1 Å². The molecule has 3 nitrogen and oxygen atoms in total. The maximum absolute atomic E-state index is 6.17. The van der Waals surface area contributed by atoms with E-state index in [4.69, 9.17) is 21.1 Å². The molecule has 0 saturated carbocycles. The molecule has 0 aliphatic heterocycles. The van der Waals surface area contributed by atoms with Crippen molar-refractivity contribution in [3.05, 3.63) is 22.7 Å². The van der Waals surface area contributed by atoms with Gasteiger partial charge in [-0.1, -0.05) is 52.1 Å². The van der Waals surface area contributed by atoms with Gasteiger partial charge in [-0.25, -0.2) is 0 Å². The van der Waals surface area contributed by atoms with E-state index in [2.05, 4.69) is 33.0 Å². The predicted octanol–water partition coefficient (Wildman–Crippen LogP) is 4.66. The van der Waals surface area contributed by atoms with Gasteiger partial charge in [0.25, 0.3) is 0 Å². The Bertz CT molecular complexity index is 431. The molecule has 0 bridgehead atoms. The molecule has 0 radical (unpaired) electrons. The molecule has 1 aromatic carbocycles. The largest absolute Gasteiger partial charge is 0.493 e.